The van der Waals surface area contributed by atoms with Crippen molar-refractivity contribution in [2.75, 3.05) is 0 Å². The molecule has 0 N–H and O–H groups in total. The van der Waals surface area contributed by atoms with E-state index in [0.29, 0.717) is 11.8 Å². The Hall–Kier alpha value is -1.56. The molecule has 33 heavy (non-hydrogen) atoms. The van der Waals surface area contributed by atoms with E-state index < -0.39 is 0 Å². The van der Waals surface area contributed by atoms with Gasteiger partial charge in [0, 0.05) is 5.92 Å². The van der Waals surface area contributed by atoms with Gasteiger partial charge in [-0.1, -0.05) is 74.4 Å². The molecule has 0 nitrogen and oxygen atoms in total. The maximum Gasteiger partial charge on any atom is 0.00185 e. The van der Waals surface area contributed by atoms with Crippen molar-refractivity contribution in [3.8, 4) is 0 Å². The lowest BCUT2D eigenvalue weighted by molar-refractivity contribution is 0.166. The molecule has 0 aromatic heterocycles. The fourth-order valence-electron chi connectivity index (χ4n) is 6.75. The summed E-state index contributed by atoms with van der Waals surface area (Å²) < 4.78 is 0. The number of hydrogen-bond donors (Lipinski definition) is 0. The van der Waals surface area contributed by atoms with Crippen LogP contribution in [0.25, 0.3) is 0 Å². The molecule has 0 amide bonds. The molecule has 0 spiro atoms. The lowest BCUT2D eigenvalue weighted by Crippen LogP contribution is -2.25. The quantitative estimate of drug-likeness (QED) is 0.262. The lowest BCUT2D eigenvalue weighted by Gasteiger charge is -2.37. The second kappa shape index (κ2) is 12.8. The zero-order valence-electron chi connectivity index (χ0n) is 21.3. The first-order valence-electron chi connectivity index (χ1n) is 14.3. The van der Waals surface area contributed by atoms with Gasteiger partial charge in [0.2, 0.25) is 0 Å². The van der Waals surface area contributed by atoms with Gasteiger partial charge in [0.05, 0.1) is 0 Å². The Balaban J connectivity index is 1.18. The highest BCUT2D eigenvalue weighted by molar-refractivity contribution is 5.29. The zero-order chi connectivity index (χ0) is 22.9. The summed E-state index contributed by atoms with van der Waals surface area (Å²) in [5.74, 6) is 4.92. The van der Waals surface area contributed by atoms with Crippen LogP contribution in [0.2, 0.25) is 0 Å². The molecule has 4 rings (SSSR count). The fourth-order valence-corrected chi connectivity index (χ4v) is 6.75. The second-order valence-corrected chi connectivity index (χ2v) is 11.4. The molecule has 3 aliphatic rings. The molecule has 2 saturated carbocycles. The molecule has 0 heteroatoms. The Morgan fingerprint density at radius 3 is 1.97 bits per heavy atom. The molecule has 2 atom stereocenters. The summed E-state index contributed by atoms with van der Waals surface area (Å²) in [6, 6.07) is 9.50. The minimum absolute atomic E-state index is 0.617. The number of aryl methyl sites for hydroxylation is 1. The van der Waals surface area contributed by atoms with E-state index in [-0.39, 0.29) is 0 Å². The molecule has 3 aliphatic carbocycles. The molecule has 0 saturated heterocycles. The monoisotopic (exact) mass is 444 g/mol. The van der Waals surface area contributed by atoms with Gasteiger partial charge in [-0.15, -0.1) is 6.58 Å². The van der Waals surface area contributed by atoms with E-state index in [1.54, 1.807) is 0 Å². The SMILES string of the molecule is C=CC1CCC(C2CCC(/C=C/C3C=CC(c4ccc(CCCCC)cc4)CC3)CC2)CC1. The summed E-state index contributed by atoms with van der Waals surface area (Å²) in [5, 5.41) is 0. The smallest absolute Gasteiger partial charge is 0.00185 e. The van der Waals surface area contributed by atoms with E-state index in [0.717, 1.165) is 23.7 Å². The lowest BCUT2D eigenvalue weighted by atomic mass is 9.69. The average Bonchev–Trinajstić information content (AvgIpc) is 2.89. The van der Waals surface area contributed by atoms with Crippen molar-refractivity contribution in [2.24, 2.45) is 29.6 Å². The van der Waals surface area contributed by atoms with Gasteiger partial charge in [-0.2, -0.15) is 0 Å². The Bertz CT molecular complexity index is 750. The van der Waals surface area contributed by atoms with Crippen LogP contribution < -0.4 is 0 Å². The minimum atomic E-state index is 0.617. The predicted octanol–water partition coefficient (Wildman–Crippen LogP) is 9.82. The van der Waals surface area contributed by atoms with Crippen LogP contribution in [-0.2, 0) is 6.42 Å². The normalized spacial score (nSPS) is 32.8. The molecule has 180 valence electrons. The van der Waals surface area contributed by atoms with E-state index in [1.165, 1.54) is 101 Å². The van der Waals surface area contributed by atoms with E-state index in [4.69, 9.17) is 0 Å². The fraction of sp³-hybridized carbons (Fsp3) is 0.636. The first kappa shape index (κ1) is 24.6. The van der Waals surface area contributed by atoms with Crippen LogP contribution in [0.5, 0.6) is 0 Å². The summed E-state index contributed by atoms with van der Waals surface area (Å²) in [7, 11) is 0. The highest BCUT2D eigenvalue weighted by Gasteiger charge is 2.29. The van der Waals surface area contributed by atoms with E-state index in [9.17, 15) is 0 Å². The highest BCUT2D eigenvalue weighted by atomic mass is 14.3. The number of benzene rings is 1. The van der Waals surface area contributed by atoms with Gasteiger partial charge in [-0.05, 0) is 118 Å². The van der Waals surface area contributed by atoms with E-state index in [1.807, 2.05) is 0 Å². The maximum absolute atomic E-state index is 4.01. The molecule has 1 aromatic carbocycles. The van der Waals surface area contributed by atoms with Crippen LogP contribution >= 0.6 is 0 Å². The van der Waals surface area contributed by atoms with Gasteiger partial charge in [0.15, 0.2) is 0 Å². The van der Waals surface area contributed by atoms with Crippen LogP contribution in [-0.4, -0.2) is 0 Å². The topological polar surface area (TPSA) is 0 Å². The van der Waals surface area contributed by atoms with Crippen molar-refractivity contribution in [3.05, 3.63) is 72.4 Å². The van der Waals surface area contributed by atoms with Gasteiger partial charge in [0.1, 0.15) is 0 Å². The summed E-state index contributed by atoms with van der Waals surface area (Å²) in [4.78, 5) is 0. The third-order valence-electron chi connectivity index (χ3n) is 9.14. The molecule has 0 radical (unpaired) electrons. The van der Waals surface area contributed by atoms with Crippen LogP contribution in [0.1, 0.15) is 107 Å². The zero-order valence-corrected chi connectivity index (χ0v) is 21.3. The molecular formula is C33H48. The molecule has 2 fully saturated rings. The first-order valence-corrected chi connectivity index (χ1v) is 14.3. The Morgan fingerprint density at radius 1 is 0.727 bits per heavy atom. The molecule has 0 bridgehead atoms. The summed E-state index contributed by atoms with van der Waals surface area (Å²) in [6.07, 6.45) is 31.6. The Morgan fingerprint density at radius 2 is 1.39 bits per heavy atom. The highest BCUT2D eigenvalue weighted by Crippen LogP contribution is 2.42. The largest absolute Gasteiger partial charge is 0.103 e. The molecule has 2 unspecified atom stereocenters. The Kier molecular flexibility index (Phi) is 9.51. The van der Waals surface area contributed by atoms with Crippen molar-refractivity contribution in [3.63, 3.8) is 0 Å². The van der Waals surface area contributed by atoms with Crippen molar-refractivity contribution >= 4 is 0 Å². The minimum Gasteiger partial charge on any atom is -0.103 e. The first-order chi connectivity index (χ1) is 16.2. The molecular weight excluding hydrogens is 396 g/mol. The predicted molar refractivity (Wildman–Crippen MR) is 145 cm³/mol. The summed E-state index contributed by atoms with van der Waals surface area (Å²) in [6.45, 7) is 6.29. The van der Waals surface area contributed by atoms with Crippen LogP contribution in [0, 0.1) is 29.6 Å². The van der Waals surface area contributed by atoms with Crippen LogP contribution in [0.15, 0.2) is 61.2 Å². The summed E-state index contributed by atoms with van der Waals surface area (Å²) >= 11 is 0. The number of hydrogen-bond acceptors (Lipinski definition) is 0. The Labute approximate surface area is 204 Å². The van der Waals surface area contributed by atoms with E-state index in [2.05, 4.69) is 68.1 Å². The maximum atomic E-state index is 4.01. The molecule has 0 aliphatic heterocycles. The van der Waals surface area contributed by atoms with Crippen molar-refractivity contribution in [2.45, 2.75) is 103 Å². The number of allylic oxidation sites excluding steroid dienone is 5. The van der Waals surface area contributed by atoms with Gasteiger partial charge in [0.25, 0.3) is 0 Å². The number of unbranched alkanes of at least 4 members (excludes halogenated alkanes) is 2. The third kappa shape index (κ3) is 7.21. The standard InChI is InChI=1S/C33H48/c1-3-5-6-7-27-12-20-31(21-13-27)33-24-16-29(17-25-33)9-8-28-14-22-32(23-15-28)30-18-10-26(4-2)11-19-30/h4,8-9,12-13,16,20-21,24,26,28-30,32-33H,2-3,5-7,10-11,14-15,17-19,22-23,25H2,1H3/b9-8+. The van der Waals surface area contributed by atoms with Crippen LogP contribution in [0.3, 0.4) is 0 Å². The van der Waals surface area contributed by atoms with Gasteiger partial charge in [-0.25, -0.2) is 0 Å². The second-order valence-electron chi connectivity index (χ2n) is 11.4. The van der Waals surface area contributed by atoms with Gasteiger partial charge >= 0.3 is 0 Å². The summed E-state index contributed by atoms with van der Waals surface area (Å²) in [5.41, 5.74) is 3.01. The van der Waals surface area contributed by atoms with Crippen molar-refractivity contribution in [1.82, 2.24) is 0 Å². The van der Waals surface area contributed by atoms with Crippen LogP contribution in [0.4, 0.5) is 0 Å². The van der Waals surface area contributed by atoms with Crippen molar-refractivity contribution < 1.29 is 0 Å². The van der Waals surface area contributed by atoms with Gasteiger partial charge in [-0.3, -0.25) is 0 Å². The third-order valence-corrected chi connectivity index (χ3v) is 9.14. The van der Waals surface area contributed by atoms with Gasteiger partial charge < -0.3 is 0 Å². The van der Waals surface area contributed by atoms with E-state index >= 15 is 0 Å². The molecule has 0 heterocycles. The number of rotatable bonds is 9. The average molecular weight is 445 g/mol. The molecule has 1 aromatic rings. The van der Waals surface area contributed by atoms with Crippen molar-refractivity contribution in [1.29, 1.82) is 0 Å².